The van der Waals surface area contributed by atoms with E-state index >= 15 is 0 Å². The van der Waals surface area contributed by atoms with Crippen LogP contribution in [0.25, 0.3) is 0 Å². The minimum atomic E-state index is -0.348. The van der Waals surface area contributed by atoms with E-state index in [0.29, 0.717) is 29.7 Å². The minimum absolute atomic E-state index is 0.0173. The van der Waals surface area contributed by atoms with Crippen molar-refractivity contribution < 1.29 is 18.7 Å². The minimum Gasteiger partial charge on any atom is -0.467 e. The lowest BCUT2D eigenvalue weighted by Crippen LogP contribution is -2.12. The molecule has 154 valence electrons. The number of nitrogens with zero attached hydrogens (tertiary/aromatic N) is 4. The van der Waals surface area contributed by atoms with Crippen molar-refractivity contribution in [1.82, 2.24) is 19.3 Å². The molecular weight excluding hydrogens is 392 g/mol. The van der Waals surface area contributed by atoms with Gasteiger partial charge in [0, 0.05) is 24.0 Å². The van der Waals surface area contributed by atoms with Gasteiger partial charge in [-0.25, -0.2) is 0 Å². The van der Waals surface area contributed by atoms with Gasteiger partial charge < -0.3 is 18.3 Å². The van der Waals surface area contributed by atoms with Crippen molar-refractivity contribution in [3.63, 3.8) is 0 Å². The zero-order valence-corrected chi connectivity index (χ0v) is 17.8. The summed E-state index contributed by atoms with van der Waals surface area (Å²) in [6.07, 6.45) is 1.70. The number of carbonyl (C=O) groups excluding carboxylic acids is 2. The third-order valence-corrected chi connectivity index (χ3v) is 5.65. The number of rotatable bonds is 9. The molecule has 8 nitrogen and oxygen atoms in total. The second-order valence-corrected chi connectivity index (χ2v) is 7.54. The molecule has 0 N–H and O–H groups in total. The van der Waals surface area contributed by atoms with Crippen LogP contribution in [0.2, 0.25) is 0 Å². The van der Waals surface area contributed by atoms with Gasteiger partial charge in [0.05, 0.1) is 25.2 Å². The molecule has 29 heavy (non-hydrogen) atoms. The molecular formula is C20H24N4O4S. The zero-order valence-electron chi connectivity index (χ0n) is 17.0. The van der Waals surface area contributed by atoms with Crippen LogP contribution in [0.1, 0.15) is 40.3 Å². The topological polar surface area (TPSA) is 92.2 Å². The van der Waals surface area contributed by atoms with Crippen molar-refractivity contribution in [2.75, 3.05) is 12.4 Å². The van der Waals surface area contributed by atoms with E-state index < -0.39 is 0 Å². The molecule has 0 aliphatic heterocycles. The molecule has 0 aliphatic rings. The maximum atomic E-state index is 12.8. The molecule has 3 heterocycles. The first-order valence-electron chi connectivity index (χ1n) is 9.29. The molecule has 3 rings (SSSR count). The normalized spacial score (nSPS) is 11.0. The number of hydrogen-bond donors (Lipinski definition) is 0. The third kappa shape index (κ3) is 4.79. The average molecular weight is 417 g/mol. The highest BCUT2D eigenvalue weighted by Gasteiger charge is 2.19. The number of carbonyl (C=O) groups is 2. The molecule has 0 atom stereocenters. The summed E-state index contributed by atoms with van der Waals surface area (Å²) in [5, 5.41) is 8.70. The van der Waals surface area contributed by atoms with E-state index in [1.807, 2.05) is 32.0 Å². The molecule has 3 aromatic heterocycles. The van der Waals surface area contributed by atoms with Gasteiger partial charge in [0.2, 0.25) is 0 Å². The smallest absolute Gasteiger partial charge is 0.313 e. The molecule has 0 aliphatic carbocycles. The van der Waals surface area contributed by atoms with Crippen molar-refractivity contribution in [1.29, 1.82) is 0 Å². The molecule has 0 radical (unpaired) electrons. The number of thioether (sulfide) groups is 1. The standard InChI is InChI=1S/C20H24N4O4S/c1-5-27-19(26)10-18-21-22-20(23(18)4)29-12-17(25)16-9-13(2)24(14(16)3)11-15-7-6-8-28-15/h6-9H,5,10-12H2,1-4H3. The lowest BCUT2D eigenvalue weighted by molar-refractivity contribution is -0.142. The van der Waals surface area contributed by atoms with Gasteiger partial charge in [-0.2, -0.15) is 0 Å². The molecule has 0 bridgehead atoms. The Hall–Kier alpha value is -2.81. The molecule has 0 aromatic carbocycles. The Labute approximate surface area is 173 Å². The molecule has 3 aromatic rings. The fourth-order valence-corrected chi connectivity index (χ4v) is 3.87. The summed E-state index contributed by atoms with van der Waals surface area (Å²) < 4.78 is 14.1. The van der Waals surface area contributed by atoms with Crippen LogP contribution in [0.3, 0.4) is 0 Å². The number of ether oxygens (including phenoxy) is 1. The SMILES string of the molecule is CCOC(=O)Cc1nnc(SCC(=O)c2cc(C)n(Cc3ccco3)c2C)n1C. The van der Waals surface area contributed by atoms with Gasteiger partial charge in [0.15, 0.2) is 10.9 Å². The van der Waals surface area contributed by atoms with Crippen molar-refractivity contribution in [3.8, 4) is 0 Å². The van der Waals surface area contributed by atoms with E-state index in [9.17, 15) is 9.59 Å². The molecule has 0 saturated heterocycles. The summed E-state index contributed by atoms with van der Waals surface area (Å²) in [6, 6.07) is 5.67. The van der Waals surface area contributed by atoms with Gasteiger partial charge in [-0.1, -0.05) is 11.8 Å². The number of aromatic nitrogens is 4. The summed E-state index contributed by atoms with van der Waals surface area (Å²) in [4.78, 5) is 24.4. The van der Waals surface area contributed by atoms with E-state index in [0.717, 1.165) is 17.1 Å². The Bertz CT molecular complexity index is 1000. The summed E-state index contributed by atoms with van der Waals surface area (Å²) >= 11 is 1.30. The van der Waals surface area contributed by atoms with Crippen LogP contribution in [-0.4, -0.2) is 43.4 Å². The van der Waals surface area contributed by atoms with E-state index in [1.54, 1.807) is 24.8 Å². The van der Waals surface area contributed by atoms with E-state index in [-0.39, 0.29) is 23.9 Å². The molecule has 0 saturated carbocycles. The van der Waals surface area contributed by atoms with Crippen LogP contribution in [0.4, 0.5) is 0 Å². The number of esters is 1. The van der Waals surface area contributed by atoms with Crippen LogP contribution >= 0.6 is 11.8 Å². The van der Waals surface area contributed by atoms with Crippen LogP contribution in [0.15, 0.2) is 34.0 Å². The van der Waals surface area contributed by atoms with Gasteiger partial charge in [0.25, 0.3) is 0 Å². The van der Waals surface area contributed by atoms with E-state index in [2.05, 4.69) is 14.8 Å². The highest BCUT2D eigenvalue weighted by atomic mass is 32.2. The number of ketones is 1. The first-order chi connectivity index (χ1) is 13.9. The first kappa shape index (κ1) is 20.9. The second kappa shape index (κ2) is 9.13. The van der Waals surface area contributed by atoms with Crippen molar-refractivity contribution in [2.24, 2.45) is 7.05 Å². The van der Waals surface area contributed by atoms with Crippen LogP contribution < -0.4 is 0 Å². The molecule has 0 unspecified atom stereocenters. The van der Waals surface area contributed by atoms with Gasteiger partial charge in [-0.3, -0.25) is 9.59 Å². The lowest BCUT2D eigenvalue weighted by Gasteiger charge is -2.08. The third-order valence-electron chi connectivity index (χ3n) is 4.63. The van der Waals surface area contributed by atoms with Gasteiger partial charge in [0.1, 0.15) is 18.0 Å². The van der Waals surface area contributed by atoms with Gasteiger partial charge in [-0.15, -0.1) is 10.2 Å². The quantitative estimate of drug-likeness (QED) is 0.301. The zero-order chi connectivity index (χ0) is 21.0. The van der Waals surface area contributed by atoms with Crippen molar-refractivity contribution >= 4 is 23.5 Å². The molecule has 0 spiro atoms. The Morgan fingerprint density at radius 1 is 1.28 bits per heavy atom. The molecule has 0 fully saturated rings. The van der Waals surface area contributed by atoms with Gasteiger partial charge in [-0.05, 0) is 39.0 Å². The number of furan rings is 1. The van der Waals surface area contributed by atoms with E-state index in [4.69, 9.17) is 9.15 Å². The summed E-state index contributed by atoms with van der Waals surface area (Å²) in [5.74, 6) is 1.25. The van der Waals surface area contributed by atoms with Crippen LogP contribution in [-0.2, 0) is 29.5 Å². The fraction of sp³-hybridized carbons (Fsp3) is 0.400. The van der Waals surface area contributed by atoms with Crippen LogP contribution in [0, 0.1) is 13.8 Å². The van der Waals surface area contributed by atoms with Crippen molar-refractivity contribution in [2.45, 2.75) is 38.9 Å². The van der Waals surface area contributed by atoms with Crippen LogP contribution in [0.5, 0.6) is 0 Å². The summed E-state index contributed by atoms with van der Waals surface area (Å²) in [5.41, 5.74) is 2.60. The summed E-state index contributed by atoms with van der Waals surface area (Å²) in [7, 11) is 1.77. The number of hydrogen-bond acceptors (Lipinski definition) is 7. The Balaban J connectivity index is 1.66. The monoisotopic (exact) mass is 416 g/mol. The lowest BCUT2D eigenvalue weighted by atomic mass is 10.2. The molecule has 9 heteroatoms. The van der Waals surface area contributed by atoms with Gasteiger partial charge >= 0.3 is 5.97 Å². The largest absolute Gasteiger partial charge is 0.467 e. The Morgan fingerprint density at radius 2 is 2.07 bits per heavy atom. The second-order valence-electron chi connectivity index (χ2n) is 6.60. The van der Waals surface area contributed by atoms with Crippen molar-refractivity contribution in [3.05, 3.63) is 53.0 Å². The maximum absolute atomic E-state index is 12.8. The first-order valence-corrected chi connectivity index (χ1v) is 10.3. The highest BCUT2D eigenvalue weighted by Crippen LogP contribution is 2.22. The fourth-order valence-electron chi connectivity index (χ4n) is 3.06. The predicted molar refractivity (Wildman–Crippen MR) is 108 cm³/mol. The maximum Gasteiger partial charge on any atom is 0.313 e. The summed E-state index contributed by atoms with van der Waals surface area (Å²) in [6.45, 7) is 6.58. The Kier molecular flexibility index (Phi) is 6.58. The average Bonchev–Trinajstić information content (AvgIpc) is 3.38. The van der Waals surface area contributed by atoms with E-state index in [1.165, 1.54) is 11.8 Å². The Morgan fingerprint density at radius 3 is 2.76 bits per heavy atom. The highest BCUT2D eigenvalue weighted by molar-refractivity contribution is 7.99. The predicted octanol–water partition coefficient (Wildman–Crippen LogP) is 2.96. The number of Topliss-reactive ketones (excluding diaryl/α,β-unsaturated/α-hetero) is 1. The number of aryl methyl sites for hydroxylation is 1. The molecule has 0 amide bonds.